The lowest BCUT2D eigenvalue weighted by atomic mass is 10.0. The van der Waals surface area contributed by atoms with Crippen LogP contribution in [-0.2, 0) is 6.42 Å². The molecule has 1 heterocycles. The highest BCUT2D eigenvalue weighted by Crippen LogP contribution is 2.13. The van der Waals surface area contributed by atoms with Gasteiger partial charge in [-0.25, -0.2) is 0 Å². The molecule has 2 rings (SSSR count). The van der Waals surface area contributed by atoms with Crippen molar-refractivity contribution in [2.75, 3.05) is 19.6 Å². The second kappa shape index (κ2) is 6.76. The van der Waals surface area contributed by atoms with Gasteiger partial charge >= 0.3 is 0 Å². The first-order valence-corrected chi connectivity index (χ1v) is 6.33. The second-order valence-electron chi connectivity index (χ2n) is 4.62. The smallest absolute Gasteiger partial charge is 0.254 e. The molecule has 1 aromatic rings. The predicted octanol–water partition coefficient (Wildman–Crippen LogP) is 2.10. The van der Waals surface area contributed by atoms with Crippen LogP contribution in [0.15, 0.2) is 24.3 Å². The van der Waals surface area contributed by atoms with Crippen LogP contribution >= 0.6 is 12.4 Å². The minimum absolute atomic E-state index is 0. The Morgan fingerprint density at radius 2 is 2.17 bits per heavy atom. The first-order valence-electron chi connectivity index (χ1n) is 6.33. The summed E-state index contributed by atoms with van der Waals surface area (Å²) in [6.45, 7) is 6.71. The quantitative estimate of drug-likeness (QED) is 0.891. The number of carbonyl (C=O) groups excluding carboxylic acids is 1. The van der Waals surface area contributed by atoms with Crippen molar-refractivity contribution in [1.29, 1.82) is 0 Å². The summed E-state index contributed by atoms with van der Waals surface area (Å²) < 4.78 is 0. The maximum absolute atomic E-state index is 12.4. The molecule has 0 spiro atoms. The topological polar surface area (TPSA) is 32.3 Å². The maximum Gasteiger partial charge on any atom is 0.254 e. The van der Waals surface area contributed by atoms with E-state index in [4.69, 9.17) is 0 Å². The normalized spacial score (nSPS) is 19.2. The fourth-order valence-electron chi connectivity index (χ4n) is 2.32. The monoisotopic (exact) mass is 268 g/mol. The highest BCUT2D eigenvalue weighted by Gasteiger charge is 2.22. The molecule has 1 fully saturated rings. The van der Waals surface area contributed by atoms with Crippen molar-refractivity contribution in [3.8, 4) is 0 Å². The number of halogens is 1. The van der Waals surface area contributed by atoms with Gasteiger partial charge in [-0.2, -0.15) is 0 Å². The molecule has 0 bridgehead atoms. The minimum Gasteiger partial charge on any atom is -0.336 e. The van der Waals surface area contributed by atoms with Gasteiger partial charge in [0.15, 0.2) is 0 Å². The number of carbonyl (C=O) groups is 1. The predicted molar refractivity (Wildman–Crippen MR) is 76.4 cm³/mol. The van der Waals surface area contributed by atoms with Crippen molar-refractivity contribution in [2.45, 2.75) is 26.3 Å². The highest BCUT2D eigenvalue weighted by atomic mass is 35.5. The molecule has 1 unspecified atom stereocenters. The van der Waals surface area contributed by atoms with Crippen molar-refractivity contribution >= 4 is 18.3 Å². The molecule has 0 saturated carbocycles. The zero-order valence-corrected chi connectivity index (χ0v) is 11.8. The number of rotatable bonds is 2. The number of aryl methyl sites for hydroxylation is 1. The van der Waals surface area contributed by atoms with Crippen molar-refractivity contribution in [2.24, 2.45) is 0 Å². The van der Waals surface area contributed by atoms with Gasteiger partial charge in [0.1, 0.15) is 0 Å². The van der Waals surface area contributed by atoms with Gasteiger partial charge in [-0.05, 0) is 25.0 Å². The summed E-state index contributed by atoms with van der Waals surface area (Å²) in [6.07, 6.45) is 0.906. The van der Waals surface area contributed by atoms with Crippen LogP contribution in [0.25, 0.3) is 0 Å². The largest absolute Gasteiger partial charge is 0.336 e. The summed E-state index contributed by atoms with van der Waals surface area (Å²) >= 11 is 0. The number of piperazine rings is 1. The fraction of sp³-hybridized carbons (Fsp3) is 0.500. The van der Waals surface area contributed by atoms with Crippen LogP contribution in [0.5, 0.6) is 0 Å². The Hall–Kier alpha value is -1.06. The first kappa shape index (κ1) is 15.0. The lowest BCUT2D eigenvalue weighted by Crippen LogP contribution is -2.51. The van der Waals surface area contributed by atoms with Crippen LogP contribution in [-0.4, -0.2) is 36.5 Å². The van der Waals surface area contributed by atoms with E-state index in [0.717, 1.165) is 37.2 Å². The van der Waals surface area contributed by atoms with E-state index < -0.39 is 0 Å². The molecule has 1 saturated heterocycles. The number of benzene rings is 1. The standard InChI is InChI=1S/C14H20N2O.ClH/c1-3-12-6-4-5-7-13(12)14(17)16-9-8-15-11(2)10-16;/h4-7,11,15H,3,8-10H2,1-2H3;1H. The molecular weight excluding hydrogens is 248 g/mol. The molecule has 1 aliphatic rings. The van der Waals surface area contributed by atoms with Crippen LogP contribution in [0.1, 0.15) is 29.8 Å². The number of amides is 1. The van der Waals surface area contributed by atoms with Gasteiger partial charge in [-0.15, -0.1) is 12.4 Å². The average Bonchev–Trinajstić information content (AvgIpc) is 2.38. The lowest BCUT2D eigenvalue weighted by molar-refractivity contribution is 0.0708. The average molecular weight is 269 g/mol. The summed E-state index contributed by atoms with van der Waals surface area (Å²) in [5.74, 6) is 0.177. The molecule has 0 radical (unpaired) electrons. The number of nitrogens with one attached hydrogen (secondary N) is 1. The molecule has 1 atom stereocenters. The van der Waals surface area contributed by atoms with E-state index in [0.29, 0.717) is 6.04 Å². The first-order chi connectivity index (χ1) is 8.22. The second-order valence-corrected chi connectivity index (χ2v) is 4.62. The van der Waals surface area contributed by atoms with E-state index in [1.54, 1.807) is 0 Å². The number of hydrogen-bond donors (Lipinski definition) is 1. The third-order valence-electron chi connectivity index (χ3n) is 3.28. The van der Waals surface area contributed by atoms with Gasteiger partial charge in [0.25, 0.3) is 5.91 Å². The molecule has 1 amide bonds. The van der Waals surface area contributed by atoms with E-state index in [1.165, 1.54) is 0 Å². The molecule has 3 nitrogen and oxygen atoms in total. The van der Waals surface area contributed by atoms with E-state index >= 15 is 0 Å². The highest BCUT2D eigenvalue weighted by molar-refractivity contribution is 5.95. The zero-order chi connectivity index (χ0) is 12.3. The maximum atomic E-state index is 12.4. The van der Waals surface area contributed by atoms with Crippen molar-refractivity contribution in [3.05, 3.63) is 35.4 Å². The van der Waals surface area contributed by atoms with E-state index in [2.05, 4.69) is 19.2 Å². The summed E-state index contributed by atoms with van der Waals surface area (Å²) in [4.78, 5) is 14.4. The van der Waals surface area contributed by atoms with E-state index in [1.807, 2.05) is 29.2 Å². The van der Waals surface area contributed by atoms with Crippen LogP contribution in [0.3, 0.4) is 0 Å². The Morgan fingerprint density at radius 1 is 1.44 bits per heavy atom. The Kier molecular flexibility index (Phi) is 5.63. The number of nitrogens with zero attached hydrogens (tertiary/aromatic N) is 1. The summed E-state index contributed by atoms with van der Waals surface area (Å²) in [7, 11) is 0. The Morgan fingerprint density at radius 3 is 2.83 bits per heavy atom. The number of hydrogen-bond acceptors (Lipinski definition) is 2. The molecule has 100 valence electrons. The molecule has 1 N–H and O–H groups in total. The molecule has 0 aliphatic carbocycles. The third kappa shape index (κ3) is 3.24. The summed E-state index contributed by atoms with van der Waals surface area (Å²) in [5.41, 5.74) is 2.01. The Labute approximate surface area is 115 Å². The van der Waals surface area contributed by atoms with Crippen LogP contribution in [0.2, 0.25) is 0 Å². The van der Waals surface area contributed by atoms with Crippen molar-refractivity contribution in [3.63, 3.8) is 0 Å². The molecular formula is C14H21ClN2O. The third-order valence-corrected chi connectivity index (χ3v) is 3.28. The molecule has 0 aromatic heterocycles. The zero-order valence-electron chi connectivity index (χ0n) is 11.0. The van der Waals surface area contributed by atoms with Crippen LogP contribution in [0, 0.1) is 0 Å². The SMILES string of the molecule is CCc1ccccc1C(=O)N1CCNC(C)C1.Cl. The van der Waals surface area contributed by atoms with E-state index in [9.17, 15) is 4.79 Å². The minimum atomic E-state index is 0. The van der Waals surface area contributed by atoms with Gasteiger partial charge in [0, 0.05) is 31.2 Å². The van der Waals surface area contributed by atoms with Crippen molar-refractivity contribution in [1.82, 2.24) is 10.2 Å². The summed E-state index contributed by atoms with van der Waals surface area (Å²) in [5, 5.41) is 3.35. The molecule has 4 heteroatoms. The van der Waals surface area contributed by atoms with E-state index in [-0.39, 0.29) is 18.3 Å². The Bertz CT molecular complexity index is 409. The molecule has 1 aliphatic heterocycles. The Balaban J connectivity index is 0.00000162. The fourth-order valence-corrected chi connectivity index (χ4v) is 2.32. The van der Waals surface area contributed by atoms with Gasteiger partial charge in [-0.3, -0.25) is 4.79 Å². The van der Waals surface area contributed by atoms with Gasteiger partial charge < -0.3 is 10.2 Å². The van der Waals surface area contributed by atoms with Crippen LogP contribution < -0.4 is 5.32 Å². The van der Waals surface area contributed by atoms with Gasteiger partial charge in [0.2, 0.25) is 0 Å². The van der Waals surface area contributed by atoms with Crippen LogP contribution in [0.4, 0.5) is 0 Å². The van der Waals surface area contributed by atoms with Gasteiger partial charge in [0.05, 0.1) is 0 Å². The van der Waals surface area contributed by atoms with Crippen molar-refractivity contribution < 1.29 is 4.79 Å². The molecule has 1 aromatic carbocycles. The lowest BCUT2D eigenvalue weighted by Gasteiger charge is -2.32. The molecule has 18 heavy (non-hydrogen) atoms. The summed E-state index contributed by atoms with van der Waals surface area (Å²) in [6, 6.07) is 8.31. The van der Waals surface area contributed by atoms with Gasteiger partial charge in [-0.1, -0.05) is 25.1 Å².